The Kier molecular flexibility index (Phi) is 8.93. The Morgan fingerprint density at radius 2 is 1.80 bits per heavy atom. The number of fused-ring (bicyclic) bond motifs is 3. The summed E-state index contributed by atoms with van der Waals surface area (Å²) in [6.07, 6.45) is 5.74. The summed E-state index contributed by atoms with van der Waals surface area (Å²) in [7, 11) is 1.27. The number of aryl methyl sites for hydroxylation is 1. The molecule has 0 spiro atoms. The highest BCUT2D eigenvalue weighted by Crippen LogP contribution is 2.43. The van der Waals surface area contributed by atoms with Crippen LogP contribution in [0.15, 0.2) is 53.9 Å². The van der Waals surface area contributed by atoms with Gasteiger partial charge in [0.25, 0.3) is 11.8 Å². The van der Waals surface area contributed by atoms with Crippen molar-refractivity contribution >= 4 is 34.8 Å². The molecule has 0 radical (unpaired) electrons. The Bertz CT molecular complexity index is 1830. The van der Waals surface area contributed by atoms with Crippen molar-refractivity contribution in [3.63, 3.8) is 0 Å². The molecule has 2 aromatic carbocycles. The van der Waals surface area contributed by atoms with Crippen LogP contribution >= 0.6 is 11.3 Å². The first kappa shape index (κ1) is 31.4. The lowest BCUT2D eigenvalue weighted by Crippen LogP contribution is -2.47. The molecule has 0 unspecified atom stereocenters. The second-order valence-electron chi connectivity index (χ2n) is 12.2. The first-order chi connectivity index (χ1) is 22.2. The molecule has 2 aliphatic rings. The molecule has 9 nitrogen and oxygen atoms in total. The lowest BCUT2D eigenvalue weighted by atomic mass is 9.83. The highest BCUT2D eigenvalue weighted by Gasteiger charge is 2.31. The summed E-state index contributed by atoms with van der Waals surface area (Å²) in [6, 6.07) is 14.6. The molecule has 4 aromatic rings. The Balaban J connectivity index is 1.46. The molecule has 6 rings (SSSR count). The maximum Gasteiger partial charge on any atom is 0.357 e. The van der Waals surface area contributed by atoms with E-state index in [2.05, 4.69) is 21.7 Å². The fourth-order valence-corrected chi connectivity index (χ4v) is 7.34. The van der Waals surface area contributed by atoms with Gasteiger partial charge in [0.1, 0.15) is 11.4 Å². The number of benzene rings is 2. The topological polar surface area (TPSA) is 133 Å². The van der Waals surface area contributed by atoms with E-state index in [1.165, 1.54) is 7.11 Å². The van der Waals surface area contributed by atoms with E-state index >= 15 is 0 Å². The molecule has 10 heteroatoms. The molecule has 1 aliphatic heterocycles. The molecule has 0 saturated heterocycles. The minimum absolute atomic E-state index is 0.0631. The van der Waals surface area contributed by atoms with E-state index in [9.17, 15) is 14.4 Å². The van der Waals surface area contributed by atoms with Gasteiger partial charge in [0.2, 0.25) is 0 Å². The molecule has 46 heavy (non-hydrogen) atoms. The Hall–Kier alpha value is -4.54. The SMILES string of the molecule is COC(=O)c1nc(C(=O)NC2(C)CCCCC2)ccc1-c1cc2c(cc1C(=O)Nc1ccc(CN)cc1C)-c1sccc1CCO2. The van der Waals surface area contributed by atoms with Gasteiger partial charge in [-0.3, -0.25) is 9.59 Å². The third-order valence-corrected chi connectivity index (χ3v) is 9.92. The van der Waals surface area contributed by atoms with Crippen molar-refractivity contribution in [2.75, 3.05) is 19.0 Å². The van der Waals surface area contributed by atoms with Crippen molar-refractivity contribution in [3.8, 4) is 27.3 Å². The van der Waals surface area contributed by atoms with Gasteiger partial charge in [-0.2, -0.15) is 0 Å². The van der Waals surface area contributed by atoms with Gasteiger partial charge in [0, 0.05) is 51.3 Å². The first-order valence-electron chi connectivity index (χ1n) is 15.6. The zero-order valence-corrected chi connectivity index (χ0v) is 27.1. The lowest BCUT2D eigenvalue weighted by Gasteiger charge is -2.34. The standard InChI is InChI=1S/C36H38N4O5S/c1-21-17-22(20-37)7-9-28(21)39-33(41)26-18-27-30(45-15-11-23-12-16-46-32(23)27)19-25(26)24-8-10-29(38-31(24)35(43)44-3)34(42)40-36(2)13-5-4-6-14-36/h7-10,12,16-19H,4-6,11,13-15,20,37H2,1-3H3,(H,39,41)(H,40,42). The number of methoxy groups -OCH3 is 1. The minimum Gasteiger partial charge on any atom is -0.493 e. The predicted octanol–water partition coefficient (Wildman–Crippen LogP) is 6.67. The molecule has 1 saturated carbocycles. The van der Waals surface area contributed by atoms with Gasteiger partial charge in [-0.05, 0) is 85.2 Å². The second-order valence-corrected chi connectivity index (χ2v) is 13.2. The Labute approximate surface area is 272 Å². The van der Waals surface area contributed by atoms with E-state index in [0.717, 1.165) is 65.7 Å². The molecule has 2 amide bonds. The zero-order valence-electron chi connectivity index (χ0n) is 26.3. The second kappa shape index (κ2) is 13.1. The zero-order chi connectivity index (χ0) is 32.4. The number of anilines is 1. The molecule has 1 fully saturated rings. The van der Waals surface area contributed by atoms with Crippen LogP contribution in [0.3, 0.4) is 0 Å². The maximum absolute atomic E-state index is 14.1. The van der Waals surface area contributed by atoms with Crippen molar-refractivity contribution in [1.29, 1.82) is 0 Å². The number of nitrogens with one attached hydrogen (secondary N) is 2. The summed E-state index contributed by atoms with van der Waals surface area (Å²) in [5.41, 5.74) is 11.1. The van der Waals surface area contributed by atoms with Gasteiger partial charge in [0.05, 0.1) is 13.7 Å². The molecule has 0 bridgehead atoms. The van der Waals surface area contributed by atoms with Crippen LogP contribution in [0.25, 0.3) is 21.6 Å². The average molecular weight is 639 g/mol. The number of hydrogen-bond acceptors (Lipinski definition) is 8. The van der Waals surface area contributed by atoms with E-state index in [-0.39, 0.29) is 28.7 Å². The summed E-state index contributed by atoms with van der Waals surface area (Å²) >= 11 is 1.59. The summed E-state index contributed by atoms with van der Waals surface area (Å²) < 4.78 is 11.3. The van der Waals surface area contributed by atoms with Crippen LogP contribution in [0.4, 0.5) is 5.69 Å². The number of hydrogen-bond donors (Lipinski definition) is 3. The van der Waals surface area contributed by atoms with Crippen LogP contribution in [0.2, 0.25) is 0 Å². The summed E-state index contributed by atoms with van der Waals surface area (Å²) in [6.45, 7) is 4.82. The van der Waals surface area contributed by atoms with Crippen molar-refractivity contribution in [2.45, 2.75) is 64.5 Å². The largest absolute Gasteiger partial charge is 0.493 e. The van der Waals surface area contributed by atoms with Crippen molar-refractivity contribution in [3.05, 3.63) is 87.6 Å². The maximum atomic E-state index is 14.1. The number of carbonyl (C=O) groups excluding carboxylic acids is 3. The third kappa shape index (κ3) is 6.27. The van der Waals surface area contributed by atoms with Crippen molar-refractivity contribution < 1.29 is 23.9 Å². The molecule has 0 atom stereocenters. The van der Waals surface area contributed by atoms with E-state index < -0.39 is 5.97 Å². The quantitative estimate of drug-likeness (QED) is 0.193. The number of ether oxygens (including phenoxy) is 2. The van der Waals surface area contributed by atoms with E-state index in [0.29, 0.717) is 41.3 Å². The lowest BCUT2D eigenvalue weighted by molar-refractivity contribution is 0.0594. The highest BCUT2D eigenvalue weighted by molar-refractivity contribution is 7.13. The van der Waals surface area contributed by atoms with Gasteiger partial charge in [0.15, 0.2) is 5.69 Å². The fraction of sp³-hybridized carbons (Fsp3) is 0.333. The number of amides is 2. The average Bonchev–Trinajstić information content (AvgIpc) is 3.46. The van der Waals surface area contributed by atoms with Gasteiger partial charge in [-0.25, -0.2) is 9.78 Å². The summed E-state index contributed by atoms with van der Waals surface area (Å²) in [5.74, 6) is -0.846. The van der Waals surface area contributed by atoms with Crippen LogP contribution in [-0.2, 0) is 17.7 Å². The Morgan fingerprint density at radius 1 is 1.00 bits per heavy atom. The van der Waals surface area contributed by atoms with E-state index in [1.807, 2.05) is 43.5 Å². The summed E-state index contributed by atoms with van der Waals surface area (Å²) in [5, 5.41) is 8.22. The van der Waals surface area contributed by atoms with Crippen LogP contribution in [0, 0.1) is 6.92 Å². The third-order valence-electron chi connectivity index (χ3n) is 8.93. The first-order valence-corrected chi connectivity index (χ1v) is 16.5. The minimum atomic E-state index is -0.718. The monoisotopic (exact) mass is 638 g/mol. The van der Waals surface area contributed by atoms with Crippen LogP contribution < -0.4 is 21.1 Å². The molecular formula is C36H38N4O5S. The molecule has 3 heterocycles. The number of aromatic nitrogens is 1. The number of rotatable bonds is 7. The van der Waals surface area contributed by atoms with Gasteiger partial charge in [-0.1, -0.05) is 31.4 Å². The van der Waals surface area contributed by atoms with Crippen molar-refractivity contribution in [1.82, 2.24) is 10.3 Å². The number of nitrogens with zero attached hydrogens (tertiary/aromatic N) is 1. The number of carbonyl (C=O) groups is 3. The predicted molar refractivity (Wildman–Crippen MR) is 180 cm³/mol. The normalized spacial score (nSPS) is 15.0. The summed E-state index contributed by atoms with van der Waals surface area (Å²) in [4.78, 5) is 46.3. The molecule has 1 aliphatic carbocycles. The van der Waals surface area contributed by atoms with Crippen molar-refractivity contribution in [2.24, 2.45) is 5.73 Å². The smallest absolute Gasteiger partial charge is 0.357 e. The number of thiophene rings is 1. The molecular weight excluding hydrogens is 600 g/mol. The number of esters is 1. The van der Waals surface area contributed by atoms with Gasteiger partial charge >= 0.3 is 5.97 Å². The Morgan fingerprint density at radius 3 is 2.54 bits per heavy atom. The number of nitrogens with two attached hydrogens (primary N) is 1. The fourth-order valence-electron chi connectivity index (χ4n) is 6.36. The molecule has 238 valence electrons. The van der Waals surface area contributed by atoms with Gasteiger partial charge < -0.3 is 25.8 Å². The van der Waals surface area contributed by atoms with E-state index in [1.54, 1.807) is 29.5 Å². The molecule has 2 aromatic heterocycles. The molecule has 4 N–H and O–H groups in total. The van der Waals surface area contributed by atoms with E-state index in [4.69, 9.17) is 15.2 Å². The van der Waals surface area contributed by atoms with Crippen LogP contribution in [-0.4, -0.2) is 42.0 Å². The van der Waals surface area contributed by atoms with Crippen LogP contribution in [0.5, 0.6) is 5.75 Å². The van der Waals surface area contributed by atoms with Gasteiger partial charge in [-0.15, -0.1) is 11.3 Å². The number of pyridine rings is 1. The highest BCUT2D eigenvalue weighted by atomic mass is 32.1. The van der Waals surface area contributed by atoms with Crippen LogP contribution in [0.1, 0.15) is 87.1 Å².